The molecule has 3 rings (SSSR count). The molecule has 128 valence electrons. The lowest BCUT2D eigenvalue weighted by atomic mass is 10.2. The molecule has 0 saturated carbocycles. The quantitative estimate of drug-likeness (QED) is 0.526. The molecule has 0 bridgehead atoms. The van der Waals surface area contributed by atoms with Crippen LogP contribution in [-0.2, 0) is 9.53 Å². The highest BCUT2D eigenvalue weighted by Crippen LogP contribution is 2.28. The van der Waals surface area contributed by atoms with E-state index in [1.54, 1.807) is 29.5 Å². The van der Waals surface area contributed by atoms with Gasteiger partial charge < -0.3 is 10.5 Å². The second-order valence-corrected chi connectivity index (χ2v) is 6.98. The van der Waals surface area contributed by atoms with Gasteiger partial charge in [0.25, 0.3) is 5.91 Å². The number of amides is 1. The first kappa shape index (κ1) is 17.1. The predicted molar refractivity (Wildman–Crippen MR) is 99.8 cm³/mol. The van der Waals surface area contributed by atoms with Gasteiger partial charge in [-0.25, -0.2) is 9.78 Å². The Labute approximate surface area is 152 Å². The summed E-state index contributed by atoms with van der Waals surface area (Å²) in [6.45, 7) is 1.51. The van der Waals surface area contributed by atoms with Crippen LogP contribution < -0.4 is 11.1 Å². The number of nitrogens with one attached hydrogen (secondary N) is 1. The largest absolute Gasteiger partial charge is 0.449 e. The van der Waals surface area contributed by atoms with E-state index in [2.05, 4.69) is 10.3 Å². The number of nitrogen functional groups attached to an aromatic ring is 1. The molecule has 0 aliphatic heterocycles. The summed E-state index contributed by atoms with van der Waals surface area (Å²) < 4.78 is 5.18. The van der Waals surface area contributed by atoms with Gasteiger partial charge in [-0.3, -0.25) is 10.1 Å². The third-order valence-corrected chi connectivity index (χ3v) is 4.93. The van der Waals surface area contributed by atoms with Crippen molar-refractivity contribution in [3.63, 3.8) is 0 Å². The Morgan fingerprint density at radius 3 is 2.80 bits per heavy atom. The number of esters is 1. The second kappa shape index (κ2) is 7.45. The number of thiophene rings is 1. The average Bonchev–Trinajstić information content (AvgIpc) is 3.25. The van der Waals surface area contributed by atoms with Crippen LogP contribution in [0.3, 0.4) is 0 Å². The van der Waals surface area contributed by atoms with Crippen LogP contribution in [0.5, 0.6) is 0 Å². The maximum absolute atomic E-state index is 12.2. The van der Waals surface area contributed by atoms with Gasteiger partial charge in [-0.2, -0.15) is 0 Å². The Kier molecular flexibility index (Phi) is 5.11. The lowest BCUT2D eigenvalue weighted by molar-refractivity contribution is -0.123. The molecular weight excluding hydrogens is 358 g/mol. The normalized spacial score (nSPS) is 11.7. The molecule has 3 N–H and O–H groups in total. The fourth-order valence-corrected chi connectivity index (χ4v) is 3.50. The minimum absolute atomic E-state index is 0.300. The molecule has 0 spiro atoms. The number of hydrogen-bond donors (Lipinski definition) is 2. The number of nitrogens with zero attached hydrogens (tertiary/aromatic N) is 1. The number of hydrogen-bond acceptors (Lipinski definition) is 7. The molecule has 25 heavy (non-hydrogen) atoms. The van der Waals surface area contributed by atoms with Crippen molar-refractivity contribution in [1.29, 1.82) is 0 Å². The van der Waals surface area contributed by atoms with Crippen LogP contribution in [0.4, 0.5) is 10.8 Å². The first-order valence-corrected chi connectivity index (χ1v) is 9.15. The molecule has 8 heteroatoms. The van der Waals surface area contributed by atoms with Gasteiger partial charge in [0.1, 0.15) is 0 Å². The van der Waals surface area contributed by atoms with E-state index in [1.807, 2.05) is 22.9 Å². The Morgan fingerprint density at radius 1 is 1.24 bits per heavy atom. The van der Waals surface area contributed by atoms with Gasteiger partial charge in [-0.05, 0) is 36.6 Å². The van der Waals surface area contributed by atoms with Gasteiger partial charge >= 0.3 is 5.97 Å². The smallest absolute Gasteiger partial charge is 0.338 e. The fraction of sp³-hybridized carbons (Fsp3) is 0.118. The number of nitrogens with two attached hydrogens (primary N) is 1. The molecule has 1 atom stereocenters. The summed E-state index contributed by atoms with van der Waals surface area (Å²) in [5.41, 5.74) is 7.20. The number of carbonyl (C=O) groups excluding carboxylic acids is 2. The highest BCUT2D eigenvalue weighted by molar-refractivity contribution is 7.16. The molecule has 0 radical (unpaired) electrons. The summed E-state index contributed by atoms with van der Waals surface area (Å²) in [5, 5.41) is 6.95. The van der Waals surface area contributed by atoms with E-state index in [0.717, 1.165) is 10.6 Å². The van der Waals surface area contributed by atoms with Gasteiger partial charge in [0.2, 0.25) is 0 Å². The van der Waals surface area contributed by atoms with Crippen molar-refractivity contribution in [2.75, 3.05) is 11.1 Å². The van der Waals surface area contributed by atoms with Crippen LogP contribution in [0, 0.1) is 0 Å². The van der Waals surface area contributed by atoms with E-state index >= 15 is 0 Å². The molecule has 2 heterocycles. The molecule has 0 fully saturated rings. The number of anilines is 2. The van der Waals surface area contributed by atoms with Crippen molar-refractivity contribution in [2.45, 2.75) is 13.0 Å². The molecule has 0 aliphatic carbocycles. The summed E-state index contributed by atoms with van der Waals surface area (Å²) in [4.78, 5) is 29.6. The number of rotatable bonds is 5. The van der Waals surface area contributed by atoms with Crippen LogP contribution in [0.2, 0.25) is 0 Å². The number of thiazole rings is 1. The van der Waals surface area contributed by atoms with Gasteiger partial charge in [0, 0.05) is 11.1 Å². The van der Waals surface area contributed by atoms with E-state index in [0.29, 0.717) is 16.4 Å². The van der Waals surface area contributed by atoms with E-state index in [1.165, 1.54) is 24.3 Å². The van der Waals surface area contributed by atoms with Gasteiger partial charge in [-0.15, -0.1) is 22.7 Å². The SMILES string of the molecule is CC(OC(=O)c1cccc(N)c1)C(=O)Nc1nc(-c2cccs2)cs1. The van der Waals surface area contributed by atoms with Crippen LogP contribution in [0.25, 0.3) is 10.6 Å². The van der Waals surface area contributed by atoms with E-state index in [-0.39, 0.29) is 0 Å². The summed E-state index contributed by atoms with van der Waals surface area (Å²) >= 11 is 2.89. The first-order valence-electron chi connectivity index (χ1n) is 7.40. The van der Waals surface area contributed by atoms with E-state index in [9.17, 15) is 9.59 Å². The molecule has 3 aromatic rings. The zero-order valence-corrected chi connectivity index (χ0v) is 14.9. The zero-order chi connectivity index (χ0) is 17.8. The number of aromatic nitrogens is 1. The molecule has 1 unspecified atom stereocenters. The van der Waals surface area contributed by atoms with Gasteiger partial charge in [-0.1, -0.05) is 12.1 Å². The number of benzene rings is 1. The highest BCUT2D eigenvalue weighted by Gasteiger charge is 2.20. The standard InChI is InChI=1S/C17H15N3O3S2/c1-10(23-16(22)11-4-2-5-12(18)8-11)15(21)20-17-19-13(9-25-17)14-6-3-7-24-14/h2-10H,18H2,1H3,(H,19,20,21). The molecule has 6 nitrogen and oxygen atoms in total. The minimum Gasteiger partial charge on any atom is -0.449 e. The summed E-state index contributed by atoms with van der Waals surface area (Å²) in [6, 6.07) is 10.3. The number of carbonyl (C=O) groups is 2. The van der Waals surface area contributed by atoms with Crippen molar-refractivity contribution in [1.82, 2.24) is 4.98 Å². The minimum atomic E-state index is -0.956. The third-order valence-electron chi connectivity index (χ3n) is 3.28. The van der Waals surface area contributed by atoms with Crippen molar-refractivity contribution < 1.29 is 14.3 Å². The fourth-order valence-electron chi connectivity index (χ4n) is 2.02. The third kappa shape index (κ3) is 4.23. The van der Waals surface area contributed by atoms with Crippen molar-refractivity contribution in [2.24, 2.45) is 0 Å². The predicted octanol–water partition coefficient (Wildman–Crippen LogP) is 3.64. The van der Waals surface area contributed by atoms with Crippen LogP contribution in [-0.4, -0.2) is 23.0 Å². The van der Waals surface area contributed by atoms with Crippen LogP contribution in [0.1, 0.15) is 17.3 Å². The van der Waals surface area contributed by atoms with Crippen LogP contribution in [0.15, 0.2) is 47.2 Å². The van der Waals surface area contributed by atoms with Crippen molar-refractivity contribution in [3.05, 3.63) is 52.7 Å². The van der Waals surface area contributed by atoms with E-state index < -0.39 is 18.0 Å². The number of ether oxygens (including phenoxy) is 1. The van der Waals surface area contributed by atoms with Crippen molar-refractivity contribution in [3.8, 4) is 10.6 Å². The Hall–Kier alpha value is -2.71. The highest BCUT2D eigenvalue weighted by atomic mass is 32.1. The lowest BCUT2D eigenvalue weighted by Gasteiger charge is -2.12. The lowest BCUT2D eigenvalue weighted by Crippen LogP contribution is -2.30. The van der Waals surface area contributed by atoms with Crippen molar-refractivity contribution >= 4 is 45.4 Å². The maximum Gasteiger partial charge on any atom is 0.338 e. The average molecular weight is 373 g/mol. The molecular formula is C17H15N3O3S2. The first-order chi connectivity index (χ1) is 12.0. The molecule has 0 saturated heterocycles. The monoisotopic (exact) mass is 373 g/mol. The zero-order valence-electron chi connectivity index (χ0n) is 13.3. The van der Waals surface area contributed by atoms with Gasteiger partial charge in [0.15, 0.2) is 11.2 Å². The maximum atomic E-state index is 12.2. The summed E-state index contributed by atoms with van der Waals surface area (Å²) in [7, 11) is 0. The Morgan fingerprint density at radius 2 is 2.08 bits per heavy atom. The van der Waals surface area contributed by atoms with Crippen LogP contribution >= 0.6 is 22.7 Å². The molecule has 2 aromatic heterocycles. The molecule has 1 amide bonds. The Bertz CT molecular complexity index is 890. The van der Waals surface area contributed by atoms with Gasteiger partial charge in [0.05, 0.1) is 16.1 Å². The topological polar surface area (TPSA) is 94.3 Å². The molecule has 1 aromatic carbocycles. The summed E-state index contributed by atoms with van der Waals surface area (Å²) in [5.74, 6) is -1.04. The molecule has 0 aliphatic rings. The Balaban J connectivity index is 1.60. The second-order valence-electron chi connectivity index (χ2n) is 5.18. The van der Waals surface area contributed by atoms with E-state index in [4.69, 9.17) is 10.5 Å². The summed E-state index contributed by atoms with van der Waals surface area (Å²) in [6.07, 6.45) is -0.956.